The van der Waals surface area contributed by atoms with Crippen molar-refractivity contribution in [2.24, 2.45) is 0 Å². The van der Waals surface area contributed by atoms with Crippen LogP contribution in [0.25, 0.3) is 23.2 Å². The van der Waals surface area contributed by atoms with Gasteiger partial charge in [0.25, 0.3) is 5.91 Å². The molecule has 0 atom stereocenters. The van der Waals surface area contributed by atoms with Crippen LogP contribution in [0, 0.1) is 6.92 Å². The van der Waals surface area contributed by atoms with E-state index >= 15 is 0 Å². The van der Waals surface area contributed by atoms with E-state index in [9.17, 15) is 4.79 Å². The van der Waals surface area contributed by atoms with Gasteiger partial charge in [0.2, 0.25) is 0 Å². The maximum absolute atomic E-state index is 13.4. The predicted octanol–water partition coefficient (Wildman–Crippen LogP) is 4.43. The van der Waals surface area contributed by atoms with Crippen molar-refractivity contribution in [2.75, 3.05) is 7.05 Å². The summed E-state index contributed by atoms with van der Waals surface area (Å²) < 4.78 is 1.52. The van der Waals surface area contributed by atoms with Crippen LogP contribution in [-0.2, 0) is 11.3 Å². The van der Waals surface area contributed by atoms with Crippen molar-refractivity contribution in [3.63, 3.8) is 0 Å². The average molecular weight is 422 g/mol. The van der Waals surface area contributed by atoms with Crippen LogP contribution in [-0.4, -0.2) is 38.1 Å². The first-order valence-electron chi connectivity index (χ1n) is 9.01. The second-order valence-electron chi connectivity index (χ2n) is 6.51. The van der Waals surface area contributed by atoms with Gasteiger partial charge in [0.1, 0.15) is 5.70 Å². The highest BCUT2D eigenvalue weighted by Gasteiger charge is 2.23. The molecule has 3 heterocycles. The van der Waals surface area contributed by atoms with Crippen molar-refractivity contribution in [3.8, 4) is 11.4 Å². The molecular formula is C21H19N5OS2. The molecule has 1 amide bonds. The van der Waals surface area contributed by atoms with Crippen molar-refractivity contribution < 1.29 is 4.79 Å². The van der Waals surface area contributed by atoms with Gasteiger partial charge in [-0.15, -0.1) is 27.8 Å². The molecule has 8 heteroatoms. The zero-order valence-electron chi connectivity index (χ0n) is 16.0. The Kier molecular flexibility index (Phi) is 5.64. The molecule has 0 aliphatic carbocycles. The monoisotopic (exact) mass is 421 g/mol. The lowest BCUT2D eigenvalue weighted by atomic mass is 10.2. The average Bonchev–Trinajstić information content (AvgIpc) is 3.49. The second-order valence-corrected chi connectivity index (χ2v) is 8.49. The van der Waals surface area contributed by atoms with E-state index in [-0.39, 0.29) is 5.91 Å². The topological polar surface area (TPSA) is 63.9 Å². The third kappa shape index (κ3) is 4.18. The molecule has 1 aromatic carbocycles. The number of rotatable bonds is 6. The quantitative estimate of drug-likeness (QED) is 0.432. The highest BCUT2D eigenvalue weighted by molar-refractivity contribution is 7.11. The summed E-state index contributed by atoms with van der Waals surface area (Å²) in [5.74, 6) is 0.387. The molecule has 146 valence electrons. The Morgan fingerprint density at radius 2 is 1.93 bits per heavy atom. The highest BCUT2D eigenvalue weighted by Crippen LogP contribution is 2.24. The number of carbonyl (C=O) groups is 1. The first-order valence-corrected chi connectivity index (χ1v) is 10.8. The summed E-state index contributed by atoms with van der Waals surface area (Å²) in [6.07, 6.45) is 1.84. The first-order chi connectivity index (χ1) is 14.1. The van der Waals surface area contributed by atoms with E-state index in [4.69, 9.17) is 0 Å². The van der Waals surface area contributed by atoms with Gasteiger partial charge in [-0.25, -0.2) is 0 Å². The molecular weight excluding hydrogens is 402 g/mol. The largest absolute Gasteiger partial charge is 0.335 e. The number of carbonyl (C=O) groups excluding carboxylic acids is 1. The van der Waals surface area contributed by atoms with Gasteiger partial charge < -0.3 is 4.90 Å². The molecule has 0 saturated heterocycles. The fraction of sp³-hybridized carbons (Fsp3) is 0.143. The molecule has 29 heavy (non-hydrogen) atoms. The zero-order valence-corrected chi connectivity index (χ0v) is 17.7. The van der Waals surface area contributed by atoms with Crippen molar-refractivity contribution >= 4 is 40.4 Å². The van der Waals surface area contributed by atoms with Gasteiger partial charge in [0, 0.05) is 22.4 Å². The molecule has 0 fully saturated rings. The van der Waals surface area contributed by atoms with Crippen LogP contribution in [0.3, 0.4) is 0 Å². The summed E-state index contributed by atoms with van der Waals surface area (Å²) in [6.45, 7) is 2.59. The van der Waals surface area contributed by atoms with Gasteiger partial charge in [-0.3, -0.25) is 4.79 Å². The molecule has 0 aliphatic rings. The summed E-state index contributed by atoms with van der Waals surface area (Å²) in [4.78, 5) is 17.3. The lowest BCUT2D eigenvalue weighted by Crippen LogP contribution is -2.29. The highest BCUT2D eigenvalue weighted by atomic mass is 32.1. The molecule has 3 aromatic heterocycles. The number of hydrogen-bond acceptors (Lipinski definition) is 6. The van der Waals surface area contributed by atoms with Gasteiger partial charge in [-0.2, -0.15) is 4.68 Å². The van der Waals surface area contributed by atoms with Gasteiger partial charge in [0.05, 0.1) is 6.54 Å². The van der Waals surface area contributed by atoms with Crippen LogP contribution in [0.15, 0.2) is 59.3 Å². The van der Waals surface area contributed by atoms with Crippen LogP contribution in [0.1, 0.15) is 15.3 Å². The predicted molar refractivity (Wildman–Crippen MR) is 117 cm³/mol. The molecule has 0 N–H and O–H groups in total. The fourth-order valence-corrected chi connectivity index (χ4v) is 4.50. The van der Waals surface area contributed by atoms with Gasteiger partial charge in [-0.05, 0) is 51.9 Å². The van der Waals surface area contributed by atoms with Crippen molar-refractivity contribution in [1.82, 2.24) is 25.1 Å². The van der Waals surface area contributed by atoms with E-state index in [1.165, 1.54) is 10.2 Å². The minimum Gasteiger partial charge on any atom is -0.335 e. The van der Waals surface area contributed by atoms with Crippen LogP contribution < -0.4 is 0 Å². The van der Waals surface area contributed by atoms with E-state index in [0.29, 0.717) is 18.1 Å². The van der Waals surface area contributed by atoms with Gasteiger partial charge in [0.15, 0.2) is 5.82 Å². The molecule has 0 aliphatic heterocycles. The van der Waals surface area contributed by atoms with Crippen LogP contribution in [0.5, 0.6) is 0 Å². The number of likely N-dealkylation sites (N-methyl/N-ethyl adjacent to an activating group) is 1. The summed E-state index contributed by atoms with van der Waals surface area (Å²) >= 11 is 3.21. The van der Waals surface area contributed by atoms with E-state index in [2.05, 4.69) is 28.5 Å². The van der Waals surface area contributed by atoms with Crippen LogP contribution >= 0.6 is 22.7 Å². The third-order valence-electron chi connectivity index (χ3n) is 4.47. The number of aryl methyl sites for hydroxylation is 1. The van der Waals surface area contributed by atoms with E-state index in [0.717, 1.165) is 15.3 Å². The number of amides is 1. The van der Waals surface area contributed by atoms with E-state index in [1.807, 2.05) is 59.3 Å². The van der Waals surface area contributed by atoms with Crippen LogP contribution in [0.4, 0.5) is 0 Å². The van der Waals surface area contributed by atoms with Crippen LogP contribution in [0.2, 0.25) is 0 Å². The summed E-state index contributed by atoms with van der Waals surface area (Å²) in [6, 6.07) is 15.6. The van der Waals surface area contributed by atoms with Gasteiger partial charge >= 0.3 is 0 Å². The maximum atomic E-state index is 13.4. The number of thiophene rings is 2. The Balaban J connectivity index is 1.73. The van der Waals surface area contributed by atoms with Crippen molar-refractivity contribution in [3.05, 3.63) is 74.6 Å². The number of hydrogen-bond donors (Lipinski definition) is 0. The van der Waals surface area contributed by atoms with Crippen molar-refractivity contribution in [2.45, 2.75) is 13.5 Å². The summed E-state index contributed by atoms with van der Waals surface area (Å²) in [5, 5.41) is 16.2. The Morgan fingerprint density at radius 1 is 1.10 bits per heavy atom. The Labute approximate surface area is 176 Å². The minimum absolute atomic E-state index is 0.143. The van der Waals surface area contributed by atoms with Gasteiger partial charge in [-0.1, -0.05) is 36.4 Å². The number of aromatic nitrogens is 4. The molecule has 4 rings (SSSR count). The zero-order chi connectivity index (χ0) is 20.2. The number of nitrogens with zero attached hydrogens (tertiary/aromatic N) is 5. The smallest absolute Gasteiger partial charge is 0.272 e. The SMILES string of the molecule is Cc1ccsc1CN(C)C(=O)/C(=C/c1cccs1)n1nnnc1-c1ccccc1. The Hall–Kier alpha value is -3.10. The number of tetrazole rings is 1. The fourth-order valence-electron chi connectivity index (χ4n) is 2.89. The normalized spacial score (nSPS) is 11.6. The summed E-state index contributed by atoms with van der Waals surface area (Å²) in [7, 11) is 1.80. The Morgan fingerprint density at radius 3 is 2.62 bits per heavy atom. The molecule has 0 bridgehead atoms. The lowest BCUT2D eigenvalue weighted by Gasteiger charge is -2.19. The molecule has 0 saturated carbocycles. The Bertz CT molecular complexity index is 1130. The standard InChI is InChI=1S/C21H19N5OS2/c1-15-10-12-29-19(15)14-25(2)21(27)18(13-17-9-6-11-28-17)26-20(22-23-24-26)16-7-4-3-5-8-16/h3-13H,14H2,1-2H3/b18-13-. The maximum Gasteiger partial charge on any atom is 0.272 e. The van der Waals surface area contributed by atoms with E-state index < -0.39 is 0 Å². The van der Waals surface area contributed by atoms with Crippen molar-refractivity contribution in [1.29, 1.82) is 0 Å². The number of benzene rings is 1. The third-order valence-corrected chi connectivity index (χ3v) is 6.29. The first kappa shape index (κ1) is 19.2. The molecule has 4 aromatic rings. The summed E-state index contributed by atoms with van der Waals surface area (Å²) in [5.41, 5.74) is 2.44. The van der Waals surface area contributed by atoms with E-state index in [1.54, 1.807) is 34.6 Å². The lowest BCUT2D eigenvalue weighted by molar-refractivity contribution is -0.124. The molecule has 6 nitrogen and oxygen atoms in total. The molecule has 0 spiro atoms. The minimum atomic E-state index is -0.143. The second kappa shape index (κ2) is 8.50. The molecule has 0 radical (unpaired) electrons. The molecule has 0 unspecified atom stereocenters.